The zero-order valence-corrected chi connectivity index (χ0v) is 18.7. The molecule has 0 radical (unpaired) electrons. The Balaban J connectivity index is 1.85. The van der Waals surface area contributed by atoms with Crippen LogP contribution >= 0.6 is 10.5 Å². The van der Waals surface area contributed by atoms with E-state index in [1.54, 1.807) is 0 Å². The van der Waals surface area contributed by atoms with Crippen LogP contribution in [-0.2, 0) is 12.8 Å². The quantitative estimate of drug-likeness (QED) is 0.213. The third-order valence-electron chi connectivity index (χ3n) is 6.01. The first kappa shape index (κ1) is 19.7. The van der Waals surface area contributed by atoms with E-state index in [2.05, 4.69) is 86.6 Å². The first-order chi connectivity index (χ1) is 15.2. The molecule has 0 spiro atoms. The van der Waals surface area contributed by atoms with Gasteiger partial charge in [-0.15, -0.1) is 0 Å². The fourth-order valence-corrected chi connectivity index (χ4v) is 6.93. The van der Waals surface area contributed by atoms with Crippen LogP contribution in [-0.4, -0.2) is 0 Å². The molecule has 0 N–H and O–H groups in total. The van der Waals surface area contributed by atoms with Crippen LogP contribution in [0.4, 0.5) is 0 Å². The minimum Gasteiger partial charge on any atom is -0.288 e. The number of fused-ring (bicyclic) bond motifs is 2. The first-order valence-corrected chi connectivity index (χ1v) is 12.1. The lowest BCUT2D eigenvalue weighted by Gasteiger charge is -2.09. The third kappa shape index (κ3) is 3.37. The van der Waals surface area contributed by atoms with Gasteiger partial charge in [-0.25, -0.2) is 0 Å². The van der Waals surface area contributed by atoms with E-state index in [1.807, 2.05) is 18.2 Å². The normalized spacial score (nSPS) is 11.9. The summed E-state index contributed by atoms with van der Waals surface area (Å²) >= 11 is 0. The van der Waals surface area contributed by atoms with Gasteiger partial charge in [0.15, 0.2) is 14.3 Å². The van der Waals surface area contributed by atoms with Crippen molar-refractivity contribution in [1.82, 2.24) is 0 Å². The third-order valence-corrected chi connectivity index (χ3v) is 8.44. The van der Waals surface area contributed by atoms with Crippen molar-refractivity contribution in [2.45, 2.75) is 26.7 Å². The maximum atomic E-state index is 13.5. The Kier molecular flexibility index (Phi) is 5.17. The Labute approximate surface area is 185 Å². The van der Waals surface area contributed by atoms with Crippen LogP contribution in [0, 0.1) is 0 Å². The van der Waals surface area contributed by atoms with Crippen molar-refractivity contribution in [3.8, 4) is 16.0 Å². The van der Waals surface area contributed by atoms with Crippen molar-refractivity contribution in [2.24, 2.45) is 0 Å². The molecule has 0 bridgehead atoms. The molecular formula is C29H25OS+. The number of aryl methyl sites for hydroxylation is 2. The molecule has 152 valence electrons. The number of rotatable bonds is 4. The molecule has 1 aromatic heterocycles. The van der Waals surface area contributed by atoms with Crippen LogP contribution in [0.25, 0.3) is 36.2 Å². The monoisotopic (exact) mass is 421 g/mol. The summed E-state index contributed by atoms with van der Waals surface area (Å²) in [5.74, 6) is 0. The second-order valence-corrected chi connectivity index (χ2v) is 9.79. The highest BCUT2D eigenvalue weighted by Gasteiger charge is 2.25. The molecule has 5 rings (SSSR count). The van der Waals surface area contributed by atoms with Gasteiger partial charge in [0.1, 0.15) is 0 Å². The van der Waals surface area contributed by atoms with Gasteiger partial charge in [0.05, 0.1) is 10.8 Å². The SMILES string of the molecule is CCc1cc(CC)c2c(c1)c(=O)c1ccccc1[s+]2-c1ccc(-c2ccccc2)cc1. The fraction of sp³-hybridized carbons (Fsp3) is 0.138. The van der Waals surface area contributed by atoms with Crippen molar-refractivity contribution >= 4 is 30.6 Å². The molecule has 1 atom stereocenters. The van der Waals surface area contributed by atoms with E-state index in [1.165, 1.54) is 31.8 Å². The first-order valence-electron chi connectivity index (χ1n) is 10.9. The number of hydrogen-bond acceptors (Lipinski definition) is 1. The average molecular weight is 422 g/mol. The van der Waals surface area contributed by atoms with E-state index < -0.39 is 0 Å². The van der Waals surface area contributed by atoms with E-state index in [9.17, 15) is 4.79 Å². The van der Waals surface area contributed by atoms with Crippen molar-refractivity contribution in [3.63, 3.8) is 0 Å². The van der Waals surface area contributed by atoms with E-state index in [0.717, 1.165) is 28.3 Å². The highest BCUT2D eigenvalue weighted by atomic mass is 32.2. The van der Waals surface area contributed by atoms with Gasteiger partial charge < -0.3 is 0 Å². The van der Waals surface area contributed by atoms with Gasteiger partial charge in [-0.3, -0.25) is 4.79 Å². The Hall–Kier alpha value is -3.23. The summed E-state index contributed by atoms with van der Waals surface area (Å²) in [5.41, 5.74) is 5.14. The number of benzene rings is 4. The predicted molar refractivity (Wildman–Crippen MR) is 136 cm³/mol. The van der Waals surface area contributed by atoms with Crippen molar-refractivity contribution in [2.75, 3.05) is 0 Å². The lowest BCUT2D eigenvalue weighted by Crippen LogP contribution is -2.05. The van der Waals surface area contributed by atoms with Crippen LogP contribution in [0.2, 0.25) is 0 Å². The second-order valence-electron chi connectivity index (χ2n) is 7.86. The topological polar surface area (TPSA) is 17.1 Å². The second kappa shape index (κ2) is 8.13. The lowest BCUT2D eigenvalue weighted by atomic mass is 10.0. The Bertz CT molecular complexity index is 1440. The highest BCUT2D eigenvalue weighted by Crippen LogP contribution is 2.45. The minimum absolute atomic E-state index is 0.167. The molecule has 1 unspecified atom stereocenters. The summed E-state index contributed by atoms with van der Waals surface area (Å²) in [4.78, 5) is 14.7. The maximum Gasteiger partial charge on any atom is 0.204 e. The maximum absolute atomic E-state index is 13.5. The van der Waals surface area contributed by atoms with Gasteiger partial charge >= 0.3 is 0 Å². The van der Waals surface area contributed by atoms with Crippen molar-refractivity contribution < 1.29 is 0 Å². The van der Waals surface area contributed by atoms with Gasteiger partial charge in [0.25, 0.3) is 0 Å². The van der Waals surface area contributed by atoms with Crippen LogP contribution < -0.4 is 5.43 Å². The Morgan fingerprint density at radius 1 is 0.677 bits per heavy atom. The van der Waals surface area contributed by atoms with Gasteiger partial charge in [-0.05, 0) is 72.0 Å². The average Bonchev–Trinajstić information content (AvgIpc) is 2.84. The summed E-state index contributed by atoms with van der Waals surface area (Å²) in [6, 6.07) is 32.0. The highest BCUT2D eigenvalue weighted by molar-refractivity contribution is 7.49. The van der Waals surface area contributed by atoms with Crippen LogP contribution in [0.15, 0.2) is 95.8 Å². The fourth-order valence-electron chi connectivity index (χ4n) is 4.38. The summed E-state index contributed by atoms with van der Waals surface area (Å²) < 4.78 is 2.36. The standard InChI is InChI=1S/C29H25OS/c1-3-20-18-21(4-2)29-26(19-20)28(30)25-12-8-9-13-27(25)31(29)24-16-14-23(15-17-24)22-10-6-5-7-11-22/h5-19H,3-4H2,1-2H3/q+1. The predicted octanol–water partition coefficient (Wildman–Crippen LogP) is 7.88. The van der Waals surface area contributed by atoms with Gasteiger partial charge in [0, 0.05) is 16.0 Å². The molecule has 0 aliphatic heterocycles. The van der Waals surface area contributed by atoms with Crippen LogP contribution in [0.1, 0.15) is 25.0 Å². The molecule has 1 heterocycles. The molecule has 0 saturated carbocycles. The van der Waals surface area contributed by atoms with Gasteiger partial charge in [0.2, 0.25) is 5.43 Å². The molecule has 0 saturated heterocycles. The largest absolute Gasteiger partial charge is 0.288 e. The molecule has 2 heteroatoms. The molecule has 0 aliphatic carbocycles. The van der Waals surface area contributed by atoms with Crippen molar-refractivity contribution in [3.05, 3.63) is 112 Å². The molecule has 1 nitrogen and oxygen atoms in total. The summed E-state index contributed by atoms with van der Waals surface area (Å²) in [5, 5.41) is 1.74. The van der Waals surface area contributed by atoms with E-state index in [-0.39, 0.29) is 15.9 Å². The molecule has 4 aromatic carbocycles. The van der Waals surface area contributed by atoms with Crippen LogP contribution in [0.3, 0.4) is 0 Å². The summed E-state index contributed by atoms with van der Waals surface area (Å²) in [7, 11) is -0.286. The zero-order chi connectivity index (χ0) is 21.4. The smallest absolute Gasteiger partial charge is 0.204 e. The number of hydrogen-bond donors (Lipinski definition) is 0. The Morgan fingerprint density at radius 2 is 1.35 bits per heavy atom. The molecule has 0 amide bonds. The minimum atomic E-state index is -0.286. The molecule has 5 aromatic rings. The van der Waals surface area contributed by atoms with Gasteiger partial charge in [-0.2, -0.15) is 0 Å². The molecule has 0 fully saturated rings. The molecular weight excluding hydrogens is 396 g/mol. The Morgan fingerprint density at radius 3 is 2.06 bits per heavy atom. The zero-order valence-electron chi connectivity index (χ0n) is 17.9. The summed E-state index contributed by atoms with van der Waals surface area (Å²) in [6.45, 7) is 4.35. The lowest BCUT2D eigenvalue weighted by molar-refractivity contribution is 1.10. The van der Waals surface area contributed by atoms with E-state index in [0.29, 0.717) is 0 Å². The molecule has 0 aliphatic rings. The van der Waals surface area contributed by atoms with Crippen LogP contribution in [0.5, 0.6) is 0 Å². The van der Waals surface area contributed by atoms with Crippen molar-refractivity contribution in [1.29, 1.82) is 0 Å². The van der Waals surface area contributed by atoms with E-state index >= 15 is 0 Å². The summed E-state index contributed by atoms with van der Waals surface area (Å²) in [6.07, 6.45) is 1.87. The molecule has 31 heavy (non-hydrogen) atoms. The van der Waals surface area contributed by atoms with E-state index in [4.69, 9.17) is 0 Å². The van der Waals surface area contributed by atoms with Gasteiger partial charge in [-0.1, -0.05) is 62.4 Å².